The van der Waals surface area contributed by atoms with Crippen molar-refractivity contribution in [2.45, 2.75) is 26.3 Å². The van der Waals surface area contributed by atoms with Gasteiger partial charge in [0, 0.05) is 30.6 Å². The van der Waals surface area contributed by atoms with Crippen LogP contribution in [0.3, 0.4) is 0 Å². The Kier molecular flexibility index (Phi) is 4.73. The number of likely N-dealkylation sites (tertiary alicyclic amines) is 1. The van der Waals surface area contributed by atoms with E-state index in [0.29, 0.717) is 17.7 Å². The second-order valence-electron chi connectivity index (χ2n) is 5.33. The Balaban J connectivity index is 2.10. The molecule has 1 amide bonds. The largest absolute Gasteiger partial charge is 0.478 e. The molecule has 2 rings (SSSR count). The highest BCUT2D eigenvalue weighted by atomic mass is 19.1. The number of piperidine rings is 1. The molecule has 5 heteroatoms. The molecule has 0 saturated carbocycles. The number of nitrogens with zero attached hydrogens (tertiary/aromatic N) is 1. The highest BCUT2D eigenvalue weighted by molar-refractivity contribution is 5.85. The third-order valence-corrected chi connectivity index (χ3v) is 3.66. The van der Waals surface area contributed by atoms with Crippen molar-refractivity contribution in [2.24, 2.45) is 5.92 Å². The first-order valence-corrected chi connectivity index (χ1v) is 6.95. The molecule has 1 heterocycles. The first kappa shape index (κ1) is 15.2. The highest BCUT2D eigenvalue weighted by Gasteiger charge is 2.25. The quantitative estimate of drug-likeness (QED) is 0.868. The fraction of sp³-hybridized carbons (Fsp3) is 0.375. The topological polar surface area (TPSA) is 57.6 Å². The zero-order chi connectivity index (χ0) is 15.4. The minimum atomic E-state index is -1.08. The SMILES string of the molecule is CC1CCCN(Cc2ccc(/C=C/C(=O)O)cc2F)C1=O. The molecule has 112 valence electrons. The zero-order valence-corrected chi connectivity index (χ0v) is 11.9. The number of benzene rings is 1. The van der Waals surface area contributed by atoms with Gasteiger partial charge in [0.1, 0.15) is 5.82 Å². The van der Waals surface area contributed by atoms with E-state index in [1.54, 1.807) is 17.0 Å². The highest BCUT2D eigenvalue weighted by Crippen LogP contribution is 2.21. The van der Waals surface area contributed by atoms with Gasteiger partial charge in [-0.1, -0.05) is 19.1 Å². The molecule has 1 N–H and O–H groups in total. The van der Waals surface area contributed by atoms with Gasteiger partial charge in [-0.2, -0.15) is 0 Å². The van der Waals surface area contributed by atoms with Crippen LogP contribution < -0.4 is 0 Å². The summed E-state index contributed by atoms with van der Waals surface area (Å²) < 4.78 is 14.0. The maximum atomic E-state index is 14.0. The van der Waals surface area contributed by atoms with E-state index in [1.807, 2.05) is 6.92 Å². The van der Waals surface area contributed by atoms with Gasteiger partial charge < -0.3 is 10.0 Å². The molecule has 21 heavy (non-hydrogen) atoms. The second-order valence-corrected chi connectivity index (χ2v) is 5.33. The van der Waals surface area contributed by atoms with Crippen molar-refractivity contribution >= 4 is 18.0 Å². The fourth-order valence-corrected chi connectivity index (χ4v) is 2.46. The summed E-state index contributed by atoms with van der Waals surface area (Å²) in [4.78, 5) is 24.1. The molecule has 4 nitrogen and oxygen atoms in total. The van der Waals surface area contributed by atoms with Crippen LogP contribution in [-0.4, -0.2) is 28.4 Å². The minimum absolute atomic E-state index is 0.000385. The minimum Gasteiger partial charge on any atom is -0.478 e. The van der Waals surface area contributed by atoms with E-state index in [1.165, 1.54) is 12.1 Å². The van der Waals surface area contributed by atoms with E-state index >= 15 is 0 Å². The summed E-state index contributed by atoms with van der Waals surface area (Å²) in [6.07, 6.45) is 4.12. The van der Waals surface area contributed by atoms with Crippen LogP contribution in [0.25, 0.3) is 6.08 Å². The van der Waals surface area contributed by atoms with Crippen molar-refractivity contribution in [3.05, 3.63) is 41.2 Å². The summed E-state index contributed by atoms with van der Waals surface area (Å²) in [6.45, 7) is 2.81. The van der Waals surface area contributed by atoms with E-state index in [9.17, 15) is 14.0 Å². The Morgan fingerprint density at radius 3 is 2.95 bits per heavy atom. The van der Waals surface area contributed by atoms with E-state index in [0.717, 1.165) is 18.9 Å². The summed E-state index contributed by atoms with van der Waals surface area (Å²) in [7, 11) is 0. The molecule has 0 aliphatic carbocycles. The van der Waals surface area contributed by atoms with Gasteiger partial charge in [0.2, 0.25) is 5.91 Å². The van der Waals surface area contributed by atoms with Gasteiger partial charge in [-0.15, -0.1) is 0 Å². The number of hydrogen-bond donors (Lipinski definition) is 1. The van der Waals surface area contributed by atoms with Gasteiger partial charge in [-0.3, -0.25) is 4.79 Å². The molecular formula is C16H18FNO3. The molecule has 1 aliphatic heterocycles. The molecule has 1 aromatic rings. The van der Waals surface area contributed by atoms with Crippen molar-refractivity contribution in [1.82, 2.24) is 4.90 Å². The number of rotatable bonds is 4. The average molecular weight is 291 g/mol. The molecule has 1 aliphatic rings. The summed E-state index contributed by atoms with van der Waals surface area (Å²) >= 11 is 0. The van der Waals surface area contributed by atoms with E-state index in [-0.39, 0.29) is 18.4 Å². The van der Waals surface area contributed by atoms with Crippen LogP contribution in [0.5, 0.6) is 0 Å². The molecule has 0 bridgehead atoms. The summed E-state index contributed by atoms with van der Waals surface area (Å²) in [5.41, 5.74) is 0.932. The Morgan fingerprint density at radius 2 is 2.29 bits per heavy atom. The summed E-state index contributed by atoms with van der Waals surface area (Å²) in [5.74, 6) is -1.43. The Labute approximate surface area is 122 Å². The standard InChI is InChI=1S/C16H18FNO3/c1-11-3-2-8-18(16(11)21)10-13-6-4-12(9-14(13)17)5-7-15(19)20/h4-7,9,11H,2-3,8,10H2,1H3,(H,19,20)/b7-5+. The van der Waals surface area contributed by atoms with Gasteiger partial charge >= 0.3 is 5.97 Å². The monoisotopic (exact) mass is 291 g/mol. The summed E-state index contributed by atoms with van der Waals surface area (Å²) in [6, 6.07) is 4.53. The zero-order valence-electron chi connectivity index (χ0n) is 11.9. The smallest absolute Gasteiger partial charge is 0.328 e. The normalized spacial score (nSPS) is 19.2. The molecule has 1 unspecified atom stereocenters. The van der Waals surface area contributed by atoms with Gasteiger partial charge in [-0.05, 0) is 30.5 Å². The maximum Gasteiger partial charge on any atom is 0.328 e. The summed E-state index contributed by atoms with van der Waals surface area (Å²) in [5, 5.41) is 8.54. The molecule has 1 atom stereocenters. The number of carbonyl (C=O) groups is 2. The number of hydrogen-bond acceptors (Lipinski definition) is 2. The van der Waals surface area contributed by atoms with Crippen LogP contribution in [0.2, 0.25) is 0 Å². The first-order chi connectivity index (χ1) is 9.97. The third-order valence-electron chi connectivity index (χ3n) is 3.66. The van der Waals surface area contributed by atoms with Crippen molar-refractivity contribution in [2.75, 3.05) is 6.54 Å². The predicted molar refractivity (Wildman–Crippen MR) is 76.9 cm³/mol. The van der Waals surface area contributed by atoms with Crippen molar-refractivity contribution in [1.29, 1.82) is 0 Å². The van der Waals surface area contributed by atoms with Gasteiger partial charge in [0.05, 0.1) is 0 Å². The fourth-order valence-electron chi connectivity index (χ4n) is 2.46. The molecular weight excluding hydrogens is 273 g/mol. The molecule has 1 aromatic carbocycles. The van der Waals surface area contributed by atoms with Crippen molar-refractivity contribution in [3.63, 3.8) is 0 Å². The van der Waals surface area contributed by atoms with Gasteiger partial charge in [-0.25, -0.2) is 9.18 Å². The number of carboxylic acids is 1. The second kappa shape index (κ2) is 6.52. The maximum absolute atomic E-state index is 14.0. The van der Waals surface area contributed by atoms with Crippen LogP contribution in [0.15, 0.2) is 24.3 Å². The average Bonchev–Trinajstić information content (AvgIpc) is 2.44. The lowest BCUT2D eigenvalue weighted by Gasteiger charge is -2.30. The number of halogens is 1. The van der Waals surface area contributed by atoms with E-state index < -0.39 is 11.8 Å². The lowest BCUT2D eigenvalue weighted by Crippen LogP contribution is -2.39. The number of carbonyl (C=O) groups excluding carboxylic acids is 1. The molecule has 0 radical (unpaired) electrons. The van der Waals surface area contributed by atoms with Gasteiger partial charge in [0.15, 0.2) is 0 Å². The Morgan fingerprint density at radius 1 is 1.52 bits per heavy atom. The van der Waals surface area contributed by atoms with Crippen LogP contribution >= 0.6 is 0 Å². The first-order valence-electron chi connectivity index (χ1n) is 6.95. The lowest BCUT2D eigenvalue weighted by atomic mass is 9.98. The Bertz CT molecular complexity index is 583. The number of amides is 1. The van der Waals surface area contributed by atoms with Crippen LogP contribution in [-0.2, 0) is 16.1 Å². The van der Waals surface area contributed by atoms with Crippen LogP contribution in [0.1, 0.15) is 30.9 Å². The van der Waals surface area contributed by atoms with Crippen molar-refractivity contribution < 1.29 is 19.1 Å². The van der Waals surface area contributed by atoms with E-state index in [4.69, 9.17) is 5.11 Å². The number of carboxylic acid groups (broad SMARTS) is 1. The van der Waals surface area contributed by atoms with Gasteiger partial charge in [0.25, 0.3) is 0 Å². The Hall–Kier alpha value is -2.17. The third kappa shape index (κ3) is 3.90. The molecule has 1 saturated heterocycles. The van der Waals surface area contributed by atoms with Crippen molar-refractivity contribution in [3.8, 4) is 0 Å². The molecule has 0 spiro atoms. The van der Waals surface area contributed by atoms with E-state index in [2.05, 4.69) is 0 Å². The predicted octanol–water partition coefficient (Wildman–Crippen LogP) is 2.68. The van der Waals surface area contributed by atoms with Crippen LogP contribution in [0.4, 0.5) is 4.39 Å². The molecule has 0 aromatic heterocycles. The number of aliphatic carboxylic acids is 1. The van der Waals surface area contributed by atoms with Crippen LogP contribution in [0, 0.1) is 11.7 Å². The molecule has 1 fully saturated rings. The lowest BCUT2D eigenvalue weighted by molar-refractivity contribution is -0.138.